The third-order valence-corrected chi connectivity index (χ3v) is 5.05. The maximum atomic E-state index is 14.4. The van der Waals surface area contributed by atoms with Crippen molar-refractivity contribution in [2.45, 2.75) is 48.6 Å². The van der Waals surface area contributed by atoms with Gasteiger partial charge >= 0.3 is 0 Å². The zero-order valence-corrected chi connectivity index (χ0v) is 14.8. The van der Waals surface area contributed by atoms with Crippen molar-refractivity contribution >= 4 is 11.8 Å². The van der Waals surface area contributed by atoms with E-state index in [9.17, 15) is 22.7 Å². The molecule has 2 atom stereocenters. The van der Waals surface area contributed by atoms with Crippen molar-refractivity contribution in [2.75, 3.05) is 0 Å². The average molecular weight is 386 g/mol. The standard InChI is InChI=1S/C18H18F4N2OS/c1-18(21,22)26-14-8-10(9-4-2-5-11(19)16(9)20)15-12(23)6-3-7-13(25)17(15)24-14/h2,4-5,8,12-13,25H,3,6-7,23H2,1H3. The van der Waals surface area contributed by atoms with Crippen LogP contribution in [0.2, 0.25) is 0 Å². The molecule has 26 heavy (non-hydrogen) atoms. The number of benzene rings is 1. The molecule has 140 valence electrons. The van der Waals surface area contributed by atoms with Crippen LogP contribution in [0, 0.1) is 11.6 Å². The lowest BCUT2D eigenvalue weighted by Crippen LogP contribution is -2.15. The van der Waals surface area contributed by atoms with Crippen LogP contribution in [0.3, 0.4) is 0 Å². The molecule has 2 unspecified atom stereocenters. The van der Waals surface area contributed by atoms with Crippen LogP contribution in [0.5, 0.6) is 0 Å². The molecule has 0 radical (unpaired) electrons. The van der Waals surface area contributed by atoms with Gasteiger partial charge in [-0.15, -0.1) is 0 Å². The van der Waals surface area contributed by atoms with Gasteiger partial charge in [-0.25, -0.2) is 13.8 Å². The molecule has 0 spiro atoms. The lowest BCUT2D eigenvalue weighted by molar-refractivity contribution is 0.128. The first-order valence-corrected chi connectivity index (χ1v) is 8.98. The highest BCUT2D eigenvalue weighted by atomic mass is 32.2. The fourth-order valence-electron chi connectivity index (χ4n) is 3.18. The molecular weight excluding hydrogens is 368 g/mol. The summed E-state index contributed by atoms with van der Waals surface area (Å²) in [5.74, 6) is -2.14. The number of alkyl halides is 2. The molecule has 3 N–H and O–H groups in total. The molecule has 3 nitrogen and oxygen atoms in total. The highest BCUT2D eigenvalue weighted by Gasteiger charge is 2.31. The Morgan fingerprint density at radius 3 is 2.65 bits per heavy atom. The van der Waals surface area contributed by atoms with Crippen molar-refractivity contribution in [2.24, 2.45) is 5.73 Å². The Kier molecular flexibility index (Phi) is 5.28. The van der Waals surface area contributed by atoms with E-state index in [0.717, 1.165) is 13.0 Å². The number of nitrogens with zero attached hydrogens (tertiary/aromatic N) is 1. The molecular formula is C18H18F4N2OS. The minimum Gasteiger partial charge on any atom is -0.387 e. The van der Waals surface area contributed by atoms with E-state index in [2.05, 4.69) is 4.98 Å². The monoisotopic (exact) mass is 386 g/mol. The minimum atomic E-state index is -3.11. The van der Waals surface area contributed by atoms with Crippen molar-refractivity contribution in [3.05, 3.63) is 47.2 Å². The topological polar surface area (TPSA) is 59.1 Å². The van der Waals surface area contributed by atoms with Gasteiger partial charge in [-0.1, -0.05) is 12.1 Å². The summed E-state index contributed by atoms with van der Waals surface area (Å²) < 4.78 is 55.1. The van der Waals surface area contributed by atoms with Crippen molar-refractivity contribution < 1.29 is 22.7 Å². The Morgan fingerprint density at radius 1 is 1.23 bits per heavy atom. The highest BCUT2D eigenvalue weighted by molar-refractivity contribution is 8.00. The smallest absolute Gasteiger partial charge is 0.296 e. The molecule has 0 saturated carbocycles. The average Bonchev–Trinajstić information content (AvgIpc) is 2.67. The first kappa shape index (κ1) is 19.1. The summed E-state index contributed by atoms with van der Waals surface area (Å²) in [4.78, 5) is 4.17. The predicted molar refractivity (Wildman–Crippen MR) is 91.8 cm³/mol. The second-order valence-corrected chi connectivity index (χ2v) is 7.71. The van der Waals surface area contributed by atoms with Gasteiger partial charge in [-0.3, -0.25) is 0 Å². The van der Waals surface area contributed by atoms with E-state index in [-0.39, 0.29) is 33.6 Å². The van der Waals surface area contributed by atoms with Crippen molar-refractivity contribution in [3.8, 4) is 11.1 Å². The van der Waals surface area contributed by atoms with E-state index < -0.39 is 29.0 Å². The van der Waals surface area contributed by atoms with Gasteiger partial charge in [0.25, 0.3) is 5.25 Å². The maximum Gasteiger partial charge on any atom is 0.296 e. The molecule has 2 aromatic rings. The summed E-state index contributed by atoms with van der Waals surface area (Å²) >= 11 is 0.190. The number of aliphatic hydroxyl groups excluding tert-OH is 1. The van der Waals surface area contributed by atoms with E-state index in [1.807, 2.05) is 0 Å². The van der Waals surface area contributed by atoms with Gasteiger partial charge in [0.05, 0.1) is 11.8 Å². The number of pyridine rings is 1. The lowest BCUT2D eigenvalue weighted by Gasteiger charge is -2.21. The number of thioether (sulfide) groups is 1. The molecule has 0 fully saturated rings. The normalized spacial score (nSPS) is 20.6. The summed E-state index contributed by atoms with van der Waals surface area (Å²) in [7, 11) is 0. The number of halogens is 4. The van der Waals surface area contributed by atoms with Gasteiger partial charge in [-0.2, -0.15) is 8.78 Å². The third kappa shape index (κ3) is 3.87. The molecule has 8 heteroatoms. The van der Waals surface area contributed by atoms with Gasteiger partial charge in [0.2, 0.25) is 0 Å². The highest BCUT2D eigenvalue weighted by Crippen LogP contribution is 2.43. The van der Waals surface area contributed by atoms with E-state index in [4.69, 9.17) is 5.73 Å². The van der Waals surface area contributed by atoms with Crippen LogP contribution in [-0.2, 0) is 0 Å². The van der Waals surface area contributed by atoms with E-state index in [0.29, 0.717) is 24.8 Å². The lowest BCUT2D eigenvalue weighted by atomic mass is 9.92. The summed E-state index contributed by atoms with van der Waals surface area (Å²) in [6.45, 7) is 0.718. The van der Waals surface area contributed by atoms with Crippen molar-refractivity contribution in [1.29, 1.82) is 0 Å². The molecule has 0 bridgehead atoms. The largest absolute Gasteiger partial charge is 0.387 e. The Hall–Kier alpha value is -1.64. The van der Waals surface area contributed by atoms with E-state index >= 15 is 0 Å². The minimum absolute atomic E-state index is 0.0805. The summed E-state index contributed by atoms with van der Waals surface area (Å²) in [5.41, 5.74) is 6.82. The second kappa shape index (κ2) is 7.17. The first-order valence-electron chi connectivity index (χ1n) is 8.17. The number of aromatic nitrogens is 1. The Bertz CT molecular complexity index is 826. The number of hydrogen-bond acceptors (Lipinski definition) is 4. The fourth-order valence-corrected chi connectivity index (χ4v) is 3.86. The zero-order valence-electron chi connectivity index (χ0n) is 14.0. The SMILES string of the molecule is CC(F)(F)Sc1cc(-c2cccc(F)c2F)c2c(n1)C(O)CCCC2N. The van der Waals surface area contributed by atoms with Crippen LogP contribution in [-0.4, -0.2) is 15.3 Å². The Labute approximate surface area is 152 Å². The third-order valence-electron chi connectivity index (χ3n) is 4.27. The second-order valence-electron chi connectivity index (χ2n) is 6.37. The molecule has 3 rings (SSSR count). The number of aliphatic hydroxyl groups is 1. The molecule has 1 heterocycles. The fraction of sp³-hybridized carbons (Fsp3) is 0.389. The van der Waals surface area contributed by atoms with Crippen LogP contribution in [0.1, 0.15) is 49.6 Å². The molecule has 1 aliphatic rings. The van der Waals surface area contributed by atoms with Gasteiger partial charge in [0.1, 0.15) is 5.03 Å². The number of rotatable bonds is 3. The number of nitrogens with two attached hydrogens (primary N) is 1. The van der Waals surface area contributed by atoms with Crippen LogP contribution in [0.25, 0.3) is 11.1 Å². The van der Waals surface area contributed by atoms with Gasteiger partial charge in [0.15, 0.2) is 11.6 Å². The summed E-state index contributed by atoms with van der Waals surface area (Å²) in [5, 5.41) is 7.20. The van der Waals surface area contributed by atoms with Crippen molar-refractivity contribution in [3.63, 3.8) is 0 Å². The number of hydrogen-bond donors (Lipinski definition) is 2. The Balaban J connectivity index is 2.28. The van der Waals surface area contributed by atoms with Gasteiger partial charge in [0, 0.05) is 24.1 Å². The summed E-state index contributed by atoms with van der Waals surface area (Å²) in [6, 6.07) is 4.39. The molecule has 1 aromatic heterocycles. The molecule has 0 saturated heterocycles. The molecule has 0 aliphatic heterocycles. The van der Waals surface area contributed by atoms with Crippen LogP contribution < -0.4 is 5.73 Å². The van der Waals surface area contributed by atoms with E-state index in [1.165, 1.54) is 18.2 Å². The zero-order chi connectivity index (χ0) is 19.1. The van der Waals surface area contributed by atoms with Crippen LogP contribution in [0.4, 0.5) is 17.6 Å². The molecule has 0 amide bonds. The first-order chi connectivity index (χ1) is 12.2. The number of fused-ring (bicyclic) bond motifs is 1. The summed E-state index contributed by atoms with van der Waals surface area (Å²) in [6.07, 6.45) is 0.498. The maximum absolute atomic E-state index is 14.4. The predicted octanol–water partition coefficient (Wildman–Crippen LogP) is 4.95. The Morgan fingerprint density at radius 2 is 1.96 bits per heavy atom. The van der Waals surface area contributed by atoms with Gasteiger partial charge < -0.3 is 10.8 Å². The van der Waals surface area contributed by atoms with Gasteiger partial charge in [-0.05, 0) is 48.7 Å². The van der Waals surface area contributed by atoms with Crippen molar-refractivity contribution in [1.82, 2.24) is 4.98 Å². The molecule has 1 aromatic carbocycles. The van der Waals surface area contributed by atoms with Crippen LogP contribution >= 0.6 is 11.8 Å². The molecule has 1 aliphatic carbocycles. The van der Waals surface area contributed by atoms with Crippen LogP contribution in [0.15, 0.2) is 29.3 Å². The quantitative estimate of drug-likeness (QED) is 0.445. The van der Waals surface area contributed by atoms with E-state index in [1.54, 1.807) is 0 Å².